The lowest BCUT2D eigenvalue weighted by molar-refractivity contribution is -0.117. The number of hydrogen-bond donors (Lipinski definition) is 1. The van der Waals surface area contributed by atoms with Crippen molar-refractivity contribution >= 4 is 12.0 Å². The Morgan fingerprint density at radius 1 is 1.17 bits per heavy atom. The first-order chi connectivity index (χ1) is 11.0. The van der Waals surface area contributed by atoms with E-state index >= 15 is 0 Å². The number of benzene rings is 2. The summed E-state index contributed by atoms with van der Waals surface area (Å²) in [6.45, 7) is 4.27. The fraction of sp³-hybridized carbons (Fsp3) is 0.211. The zero-order valence-electron chi connectivity index (χ0n) is 13.3. The predicted octanol–water partition coefficient (Wildman–Crippen LogP) is 3.73. The van der Waals surface area contributed by atoms with Gasteiger partial charge >= 0.3 is 0 Å². The molecule has 0 aliphatic heterocycles. The van der Waals surface area contributed by atoms with Crippen LogP contribution in [-0.2, 0) is 4.79 Å². The van der Waals surface area contributed by atoms with Crippen molar-refractivity contribution in [2.45, 2.75) is 19.9 Å². The molecule has 0 bridgehead atoms. The van der Waals surface area contributed by atoms with Crippen LogP contribution >= 0.6 is 0 Å². The molecule has 0 saturated heterocycles. The van der Waals surface area contributed by atoms with Crippen LogP contribution < -0.4 is 10.1 Å². The minimum absolute atomic E-state index is 0.123. The summed E-state index contributed by atoms with van der Waals surface area (Å²) in [5.41, 5.74) is 1.94. The van der Waals surface area contributed by atoms with Gasteiger partial charge in [-0.25, -0.2) is 4.39 Å². The van der Waals surface area contributed by atoms with Gasteiger partial charge in [0.15, 0.2) is 0 Å². The average Bonchev–Trinajstić information content (AvgIpc) is 2.54. The lowest BCUT2D eigenvalue weighted by atomic mass is 10.2. The number of hydrogen-bond acceptors (Lipinski definition) is 2. The summed E-state index contributed by atoms with van der Waals surface area (Å²) in [5.74, 6) is 0.265. The van der Waals surface area contributed by atoms with Gasteiger partial charge in [0.05, 0.1) is 6.04 Å². The number of amides is 1. The third kappa shape index (κ3) is 5.94. The number of rotatable bonds is 6. The van der Waals surface area contributed by atoms with E-state index in [1.165, 1.54) is 23.8 Å². The van der Waals surface area contributed by atoms with Gasteiger partial charge in [0.2, 0.25) is 5.91 Å². The van der Waals surface area contributed by atoms with Crippen LogP contribution in [0.2, 0.25) is 0 Å². The number of aryl methyl sites for hydroxylation is 1. The highest BCUT2D eigenvalue weighted by Gasteiger charge is 2.05. The monoisotopic (exact) mass is 313 g/mol. The molecule has 0 aliphatic carbocycles. The SMILES string of the molecule is Cc1ccc(OC[C@H](C)NC(=O)/C=C/c2ccc(F)cc2)cc1. The van der Waals surface area contributed by atoms with Crippen molar-refractivity contribution in [3.05, 3.63) is 71.6 Å². The molecule has 0 fully saturated rings. The highest BCUT2D eigenvalue weighted by molar-refractivity contribution is 5.91. The summed E-state index contributed by atoms with van der Waals surface area (Å²) >= 11 is 0. The molecule has 1 amide bonds. The Labute approximate surface area is 135 Å². The van der Waals surface area contributed by atoms with Crippen molar-refractivity contribution in [2.24, 2.45) is 0 Å². The van der Waals surface area contributed by atoms with E-state index in [9.17, 15) is 9.18 Å². The van der Waals surface area contributed by atoms with Crippen molar-refractivity contribution < 1.29 is 13.9 Å². The second kappa shape index (κ2) is 8.13. The molecule has 0 spiro atoms. The van der Waals surface area contributed by atoms with E-state index in [1.54, 1.807) is 18.2 Å². The van der Waals surface area contributed by atoms with Gasteiger partial charge < -0.3 is 10.1 Å². The first kappa shape index (κ1) is 16.7. The van der Waals surface area contributed by atoms with E-state index < -0.39 is 0 Å². The molecule has 0 saturated carbocycles. The first-order valence-electron chi connectivity index (χ1n) is 7.46. The van der Waals surface area contributed by atoms with E-state index in [4.69, 9.17) is 4.74 Å². The molecular formula is C19H20FNO2. The summed E-state index contributed by atoms with van der Waals surface area (Å²) in [4.78, 5) is 11.8. The molecular weight excluding hydrogens is 293 g/mol. The Bertz CT molecular complexity index is 663. The molecule has 1 atom stereocenters. The van der Waals surface area contributed by atoms with Gasteiger partial charge in [-0.3, -0.25) is 4.79 Å². The van der Waals surface area contributed by atoms with Crippen molar-refractivity contribution in [1.82, 2.24) is 5.32 Å². The summed E-state index contributed by atoms with van der Waals surface area (Å²) < 4.78 is 18.4. The van der Waals surface area contributed by atoms with Gasteiger partial charge in [0.25, 0.3) is 0 Å². The van der Waals surface area contributed by atoms with Crippen LogP contribution in [-0.4, -0.2) is 18.6 Å². The quantitative estimate of drug-likeness (QED) is 0.825. The number of ether oxygens (including phenoxy) is 1. The molecule has 4 heteroatoms. The fourth-order valence-corrected chi connectivity index (χ4v) is 1.93. The van der Waals surface area contributed by atoms with Gasteiger partial charge in [0.1, 0.15) is 18.2 Å². The topological polar surface area (TPSA) is 38.3 Å². The van der Waals surface area contributed by atoms with Crippen molar-refractivity contribution in [3.63, 3.8) is 0 Å². The zero-order chi connectivity index (χ0) is 16.7. The van der Waals surface area contributed by atoms with Crippen LogP contribution in [0.1, 0.15) is 18.1 Å². The smallest absolute Gasteiger partial charge is 0.244 e. The van der Waals surface area contributed by atoms with Crippen molar-refractivity contribution in [3.8, 4) is 5.75 Å². The van der Waals surface area contributed by atoms with Crippen LogP contribution in [0.4, 0.5) is 4.39 Å². The van der Waals surface area contributed by atoms with Gasteiger partial charge in [-0.15, -0.1) is 0 Å². The normalized spacial score (nSPS) is 12.1. The highest BCUT2D eigenvalue weighted by Crippen LogP contribution is 2.11. The average molecular weight is 313 g/mol. The molecule has 1 N–H and O–H groups in total. The van der Waals surface area contributed by atoms with Crippen molar-refractivity contribution in [1.29, 1.82) is 0 Å². The van der Waals surface area contributed by atoms with Crippen molar-refractivity contribution in [2.75, 3.05) is 6.61 Å². The summed E-state index contributed by atoms with van der Waals surface area (Å²) in [7, 11) is 0. The zero-order valence-corrected chi connectivity index (χ0v) is 13.3. The molecule has 3 nitrogen and oxygen atoms in total. The van der Waals surface area contributed by atoms with Crippen LogP contribution in [0.15, 0.2) is 54.6 Å². The second-order valence-electron chi connectivity index (χ2n) is 5.42. The van der Waals surface area contributed by atoms with E-state index in [-0.39, 0.29) is 17.8 Å². The first-order valence-corrected chi connectivity index (χ1v) is 7.46. The lowest BCUT2D eigenvalue weighted by Crippen LogP contribution is -2.35. The second-order valence-corrected chi connectivity index (χ2v) is 5.42. The Hall–Kier alpha value is -2.62. The Morgan fingerprint density at radius 3 is 2.48 bits per heavy atom. The predicted molar refractivity (Wildman–Crippen MR) is 89.7 cm³/mol. The standard InChI is InChI=1S/C19H20FNO2/c1-14-3-10-18(11-4-14)23-13-15(2)21-19(22)12-7-16-5-8-17(20)9-6-16/h3-12,15H,13H2,1-2H3,(H,21,22)/b12-7+/t15-/m0/s1. The largest absolute Gasteiger partial charge is 0.491 e. The van der Waals surface area contributed by atoms with E-state index in [1.807, 2.05) is 38.1 Å². The fourth-order valence-electron chi connectivity index (χ4n) is 1.93. The van der Waals surface area contributed by atoms with Crippen LogP contribution in [0.3, 0.4) is 0 Å². The Kier molecular flexibility index (Phi) is 5.92. The minimum atomic E-state index is -0.298. The maximum Gasteiger partial charge on any atom is 0.244 e. The third-order valence-electron chi connectivity index (χ3n) is 3.21. The van der Waals surface area contributed by atoms with Crippen LogP contribution in [0, 0.1) is 12.7 Å². The highest BCUT2D eigenvalue weighted by atomic mass is 19.1. The Morgan fingerprint density at radius 2 is 1.83 bits per heavy atom. The summed E-state index contributed by atoms with van der Waals surface area (Å²) in [6.07, 6.45) is 3.07. The summed E-state index contributed by atoms with van der Waals surface area (Å²) in [6, 6.07) is 13.6. The molecule has 2 rings (SSSR count). The van der Waals surface area contributed by atoms with Crippen LogP contribution in [0.5, 0.6) is 5.75 Å². The molecule has 0 heterocycles. The minimum Gasteiger partial charge on any atom is -0.491 e. The van der Waals surface area contributed by atoms with E-state index in [0.717, 1.165) is 11.3 Å². The molecule has 0 unspecified atom stereocenters. The third-order valence-corrected chi connectivity index (χ3v) is 3.21. The molecule has 2 aromatic rings. The van der Waals surface area contributed by atoms with Crippen LogP contribution in [0.25, 0.3) is 6.08 Å². The van der Waals surface area contributed by atoms with Gasteiger partial charge in [-0.05, 0) is 49.8 Å². The molecule has 23 heavy (non-hydrogen) atoms. The van der Waals surface area contributed by atoms with Gasteiger partial charge in [-0.1, -0.05) is 29.8 Å². The number of nitrogens with one attached hydrogen (secondary N) is 1. The maximum absolute atomic E-state index is 12.8. The number of halogens is 1. The molecule has 2 aromatic carbocycles. The molecule has 0 aliphatic rings. The number of carbonyl (C=O) groups excluding carboxylic acids is 1. The summed E-state index contributed by atoms with van der Waals surface area (Å²) in [5, 5.41) is 2.82. The maximum atomic E-state index is 12.8. The van der Waals surface area contributed by atoms with Gasteiger partial charge in [-0.2, -0.15) is 0 Å². The molecule has 120 valence electrons. The molecule has 0 radical (unpaired) electrons. The molecule has 0 aromatic heterocycles. The number of carbonyl (C=O) groups is 1. The van der Waals surface area contributed by atoms with E-state index in [0.29, 0.717) is 6.61 Å². The van der Waals surface area contributed by atoms with Gasteiger partial charge in [0, 0.05) is 6.08 Å². The lowest BCUT2D eigenvalue weighted by Gasteiger charge is -2.14. The van der Waals surface area contributed by atoms with E-state index in [2.05, 4.69) is 5.32 Å². The Balaban J connectivity index is 1.77.